The van der Waals surface area contributed by atoms with Crippen LogP contribution in [0.15, 0.2) is 85.0 Å². The molecule has 37 heavy (non-hydrogen) atoms. The molecule has 2 aliphatic heterocycles. The summed E-state index contributed by atoms with van der Waals surface area (Å²) >= 11 is -0.699. The number of aromatic nitrogens is 1. The molecule has 1 fully saturated rings. The van der Waals surface area contributed by atoms with Crippen molar-refractivity contribution < 1.29 is 14.3 Å². The zero-order chi connectivity index (χ0) is 24.7. The Labute approximate surface area is 224 Å². The van der Waals surface area contributed by atoms with Gasteiger partial charge in [-0.05, 0) is 0 Å². The quantitative estimate of drug-likeness (QED) is 0.283. The zero-order valence-corrected chi connectivity index (χ0v) is 22.4. The number of ether oxygens (including phenoxy) is 1. The Morgan fingerprint density at radius 3 is 2.38 bits per heavy atom. The van der Waals surface area contributed by atoms with Crippen LogP contribution in [0, 0.1) is 11.8 Å². The normalized spacial score (nSPS) is 25.8. The third-order valence-corrected chi connectivity index (χ3v) is 11.8. The molecule has 0 saturated heterocycles. The number of rotatable bonds is 1. The molecule has 3 heterocycles. The van der Waals surface area contributed by atoms with Crippen molar-refractivity contribution in [3.63, 3.8) is 0 Å². The summed E-state index contributed by atoms with van der Waals surface area (Å²) in [6, 6.07) is 21.3. The van der Waals surface area contributed by atoms with E-state index in [1.54, 1.807) is 0 Å². The number of allylic oxidation sites excluding steroid dienone is 4. The van der Waals surface area contributed by atoms with Crippen LogP contribution in [0.1, 0.15) is 46.0 Å². The Morgan fingerprint density at radius 2 is 1.59 bits per heavy atom. The second-order valence-corrected chi connectivity index (χ2v) is 13.6. The van der Waals surface area contributed by atoms with Gasteiger partial charge in [-0.15, -0.1) is 0 Å². The average Bonchev–Trinajstić information content (AvgIpc) is 3.27. The van der Waals surface area contributed by atoms with Crippen molar-refractivity contribution in [2.75, 3.05) is 0 Å². The topological polar surface area (TPSA) is 48.3 Å². The molecule has 1 saturated carbocycles. The van der Waals surface area contributed by atoms with Gasteiger partial charge < -0.3 is 0 Å². The fourth-order valence-electron chi connectivity index (χ4n) is 6.74. The van der Waals surface area contributed by atoms with E-state index in [9.17, 15) is 9.59 Å². The van der Waals surface area contributed by atoms with Gasteiger partial charge in [0, 0.05) is 0 Å². The Hall–Kier alpha value is -3.26. The van der Waals surface area contributed by atoms with Crippen LogP contribution in [0.5, 0.6) is 5.75 Å². The summed E-state index contributed by atoms with van der Waals surface area (Å²) in [5, 5.41) is 2.53. The number of para-hydroxylation sites is 2. The number of carbonyl (C=O) groups is 2. The van der Waals surface area contributed by atoms with Crippen molar-refractivity contribution in [1.29, 1.82) is 0 Å². The number of carbonyl (C=O) groups excluding carboxylic acids is 2. The van der Waals surface area contributed by atoms with E-state index in [1.807, 2.05) is 30.4 Å². The van der Waals surface area contributed by atoms with E-state index in [-0.39, 0.29) is 35.5 Å². The monoisotopic (exact) mass is 600 g/mol. The number of nitrogens with zero attached hydrogens (tertiary/aromatic N) is 1. The Kier molecular flexibility index (Phi) is 4.78. The minimum atomic E-state index is -0.699. The maximum atomic E-state index is 14.0. The summed E-state index contributed by atoms with van der Waals surface area (Å²) in [5.41, 5.74) is 3.91. The van der Waals surface area contributed by atoms with Crippen molar-refractivity contribution in [1.82, 2.24) is 4.57 Å². The van der Waals surface area contributed by atoms with Gasteiger partial charge >= 0.3 is 225 Å². The SMILES string of the molecule is O=C1c2cc3c(cc2[Te]=C2C=CC=CC12)C(=O)C1CC(n2c4ccccc4c4ccccc42)CCC1O3. The molecule has 4 aliphatic rings. The van der Waals surface area contributed by atoms with E-state index in [2.05, 4.69) is 59.2 Å². The zero-order valence-electron chi connectivity index (χ0n) is 20.1. The number of hydrogen-bond donors (Lipinski definition) is 0. The van der Waals surface area contributed by atoms with Gasteiger partial charge in [-0.2, -0.15) is 0 Å². The van der Waals surface area contributed by atoms with E-state index in [0.717, 1.165) is 28.4 Å². The summed E-state index contributed by atoms with van der Waals surface area (Å²) in [6.45, 7) is 0. The van der Waals surface area contributed by atoms with Crippen LogP contribution in [-0.2, 0) is 0 Å². The van der Waals surface area contributed by atoms with Crippen LogP contribution in [0.2, 0.25) is 0 Å². The molecule has 181 valence electrons. The third kappa shape index (κ3) is 3.17. The van der Waals surface area contributed by atoms with Crippen LogP contribution in [0.25, 0.3) is 21.8 Å². The Bertz CT molecular complexity index is 1700. The first kappa shape index (κ1) is 21.8. The summed E-state index contributed by atoms with van der Waals surface area (Å²) < 4.78 is 11.3. The fourth-order valence-corrected chi connectivity index (χ4v) is 10.0. The molecule has 1 aromatic heterocycles. The van der Waals surface area contributed by atoms with Crippen LogP contribution < -0.4 is 8.35 Å². The summed E-state index contributed by atoms with van der Waals surface area (Å²) in [5.74, 6) is 0.636. The number of hydrogen-bond acceptors (Lipinski definition) is 3. The predicted molar refractivity (Wildman–Crippen MR) is 148 cm³/mol. The van der Waals surface area contributed by atoms with Crippen molar-refractivity contribution >= 4 is 61.0 Å². The molecule has 4 unspecified atom stereocenters. The molecule has 0 bridgehead atoms. The van der Waals surface area contributed by atoms with E-state index in [0.29, 0.717) is 11.3 Å². The summed E-state index contributed by atoms with van der Waals surface area (Å²) in [4.78, 5) is 27.2. The maximum absolute atomic E-state index is 14.0. The number of Topliss-reactive ketones (excluding diaryl/α,β-unsaturated/α-hetero) is 2. The van der Waals surface area contributed by atoms with Crippen molar-refractivity contribution in [2.45, 2.75) is 31.4 Å². The number of benzene rings is 3. The van der Waals surface area contributed by atoms with Gasteiger partial charge in [-0.3, -0.25) is 0 Å². The minimum absolute atomic E-state index is 0.128. The first-order valence-electron chi connectivity index (χ1n) is 13.0. The molecule has 5 heteroatoms. The first-order valence-corrected chi connectivity index (χ1v) is 15.3. The molecular weight excluding hydrogens is 574 g/mol. The molecule has 0 amide bonds. The van der Waals surface area contributed by atoms with E-state index >= 15 is 0 Å². The Balaban J connectivity index is 1.19. The summed E-state index contributed by atoms with van der Waals surface area (Å²) in [6.07, 6.45) is 10.5. The van der Waals surface area contributed by atoms with Gasteiger partial charge in [-0.25, -0.2) is 0 Å². The average molecular weight is 598 g/mol. The molecule has 8 rings (SSSR count). The molecule has 4 atom stereocenters. The van der Waals surface area contributed by atoms with Gasteiger partial charge in [-0.1, -0.05) is 0 Å². The number of fused-ring (bicyclic) bond motifs is 7. The molecule has 4 aromatic rings. The predicted octanol–water partition coefficient (Wildman–Crippen LogP) is 5.22. The number of ketones is 2. The standard InChI is InChI=1S/C32H24NO3Te/c34-31-21-9-3-6-12-29(21)37-30-17-23-28(16-24(30)31)36-27-14-13-18(15-22(27)32(23)35)33-25-10-4-1-7-19(25)20-8-2-5-11-26(20)33/h1-12,16-18,21-22,27H,13-15H2. The van der Waals surface area contributed by atoms with E-state index < -0.39 is 20.5 Å². The van der Waals surface area contributed by atoms with E-state index in [1.165, 1.54) is 25.4 Å². The van der Waals surface area contributed by atoms with Crippen LogP contribution in [0.3, 0.4) is 0 Å². The van der Waals surface area contributed by atoms with Gasteiger partial charge in [0.1, 0.15) is 0 Å². The molecular formula is C32H24NO3Te. The third-order valence-electron chi connectivity index (χ3n) is 8.46. The molecule has 1 radical (unpaired) electrons. The molecule has 0 N–H and O–H groups in total. The van der Waals surface area contributed by atoms with Gasteiger partial charge in [0.25, 0.3) is 0 Å². The van der Waals surface area contributed by atoms with Crippen molar-refractivity contribution in [3.8, 4) is 5.75 Å². The van der Waals surface area contributed by atoms with Gasteiger partial charge in [0.05, 0.1) is 0 Å². The summed E-state index contributed by atoms with van der Waals surface area (Å²) in [7, 11) is 0. The van der Waals surface area contributed by atoms with Crippen LogP contribution in [-0.4, -0.2) is 46.2 Å². The van der Waals surface area contributed by atoms with E-state index in [4.69, 9.17) is 4.74 Å². The van der Waals surface area contributed by atoms with Crippen molar-refractivity contribution in [3.05, 3.63) is 96.1 Å². The van der Waals surface area contributed by atoms with Crippen molar-refractivity contribution in [2.24, 2.45) is 11.8 Å². The van der Waals surface area contributed by atoms with Crippen LogP contribution >= 0.6 is 0 Å². The molecule has 2 aliphatic carbocycles. The fraction of sp³-hybridized carbons (Fsp3) is 0.219. The molecule has 3 aromatic carbocycles. The molecule has 4 nitrogen and oxygen atoms in total. The Morgan fingerprint density at radius 1 is 0.838 bits per heavy atom. The van der Waals surface area contributed by atoms with Gasteiger partial charge in [0.15, 0.2) is 0 Å². The first-order chi connectivity index (χ1) is 18.2. The second kappa shape index (κ2) is 8.12. The van der Waals surface area contributed by atoms with Gasteiger partial charge in [0.2, 0.25) is 0 Å². The van der Waals surface area contributed by atoms with Crippen LogP contribution in [0.4, 0.5) is 0 Å². The molecule has 0 spiro atoms. The second-order valence-electron chi connectivity index (χ2n) is 10.4.